The molecule has 0 fully saturated rings. The van der Waals surface area contributed by atoms with Crippen molar-refractivity contribution in [2.45, 2.75) is 39.0 Å². The van der Waals surface area contributed by atoms with Crippen molar-refractivity contribution in [1.82, 2.24) is 4.98 Å². The van der Waals surface area contributed by atoms with Crippen molar-refractivity contribution >= 4 is 17.6 Å². The van der Waals surface area contributed by atoms with Crippen LogP contribution < -0.4 is 10.9 Å². The number of aromatic amines is 1. The van der Waals surface area contributed by atoms with Crippen molar-refractivity contribution in [2.75, 3.05) is 5.32 Å². The van der Waals surface area contributed by atoms with Crippen LogP contribution in [-0.2, 0) is 12.8 Å². The number of anilines is 1. The second-order valence-corrected chi connectivity index (χ2v) is 6.37. The number of carboxylic acids is 1. The maximum absolute atomic E-state index is 12.5. The van der Waals surface area contributed by atoms with E-state index in [1.807, 2.05) is 0 Å². The Morgan fingerprint density at radius 2 is 1.84 bits per heavy atom. The number of pyridine rings is 1. The molecule has 1 aliphatic rings. The molecular formula is C19H20N2O4. The van der Waals surface area contributed by atoms with Gasteiger partial charge >= 0.3 is 5.97 Å². The Kier molecular flexibility index (Phi) is 4.70. The van der Waals surface area contributed by atoms with Gasteiger partial charge in [0.15, 0.2) is 0 Å². The Labute approximate surface area is 144 Å². The molecule has 6 heteroatoms. The monoisotopic (exact) mass is 340 g/mol. The van der Waals surface area contributed by atoms with E-state index in [1.165, 1.54) is 6.07 Å². The average Bonchev–Trinajstić information content (AvgIpc) is 2.80. The number of carbonyl (C=O) groups is 2. The summed E-state index contributed by atoms with van der Waals surface area (Å²) < 4.78 is 0. The number of aryl methyl sites for hydroxylation is 3. The molecule has 0 unspecified atom stereocenters. The van der Waals surface area contributed by atoms with E-state index in [9.17, 15) is 19.5 Å². The lowest BCUT2D eigenvalue weighted by Crippen LogP contribution is -2.25. The molecule has 2 aromatic rings. The molecule has 1 heterocycles. The molecule has 1 amide bonds. The molecule has 1 aromatic carbocycles. The number of nitrogens with one attached hydrogen (secondary N) is 2. The first-order valence-electron chi connectivity index (χ1n) is 8.36. The van der Waals surface area contributed by atoms with Crippen LogP contribution in [0, 0.1) is 6.92 Å². The van der Waals surface area contributed by atoms with E-state index >= 15 is 0 Å². The summed E-state index contributed by atoms with van der Waals surface area (Å²) in [5.41, 5.74) is 2.64. The standard InChI is InChI=1S/C19H20N2O4/c1-11-7-8-13(10-14(11)19(24)25)20-17(22)15-9-12-5-3-2-4-6-16(12)21-18(15)23/h7-10H,2-6H2,1H3,(H,20,22)(H,21,23)(H,24,25). The van der Waals surface area contributed by atoms with Gasteiger partial charge < -0.3 is 15.4 Å². The van der Waals surface area contributed by atoms with Crippen molar-refractivity contribution in [3.05, 3.63) is 62.6 Å². The van der Waals surface area contributed by atoms with Crippen LogP contribution in [0.4, 0.5) is 5.69 Å². The summed E-state index contributed by atoms with van der Waals surface area (Å²) in [7, 11) is 0. The lowest BCUT2D eigenvalue weighted by Gasteiger charge is -2.10. The zero-order valence-electron chi connectivity index (χ0n) is 14.0. The van der Waals surface area contributed by atoms with Crippen molar-refractivity contribution in [3.8, 4) is 0 Å². The predicted molar refractivity (Wildman–Crippen MR) is 94.4 cm³/mol. The summed E-state index contributed by atoms with van der Waals surface area (Å²) in [5, 5.41) is 11.8. The average molecular weight is 340 g/mol. The van der Waals surface area contributed by atoms with Crippen molar-refractivity contribution in [2.24, 2.45) is 0 Å². The topological polar surface area (TPSA) is 99.3 Å². The van der Waals surface area contributed by atoms with Crippen LogP contribution in [0.15, 0.2) is 29.1 Å². The van der Waals surface area contributed by atoms with Crippen LogP contribution in [-0.4, -0.2) is 22.0 Å². The summed E-state index contributed by atoms with van der Waals surface area (Å²) >= 11 is 0. The Bertz CT molecular complexity index is 899. The van der Waals surface area contributed by atoms with Gasteiger partial charge in [-0.05, 0) is 61.9 Å². The molecule has 0 spiro atoms. The van der Waals surface area contributed by atoms with Crippen molar-refractivity contribution in [1.29, 1.82) is 0 Å². The Hall–Kier alpha value is -2.89. The second kappa shape index (κ2) is 6.93. The molecule has 3 rings (SSSR count). The molecule has 1 aliphatic carbocycles. The van der Waals surface area contributed by atoms with Gasteiger partial charge in [-0.1, -0.05) is 12.5 Å². The minimum absolute atomic E-state index is 0.0538. The summed E-state index contributed by atoms with van der Waals surface area (Å²) in [4.78, 5) is 38.8. The summed E-state index contributed by atoms with van der Waals surface area (Å²) in [6.45, 7) is 1.69. The number of hydrogen-bond acceptors (Lipinski definition) is 3. The van der Waals surface area contributed by atoms with Gasteiger partial charge in [-0.3, -0.25) is 9.59 Å². The number of rotatable bonds is 3. The molecule has 0 aliphatic heterocycles. The summed E-state index contributed by atoms with van der Waals surface area (Å²) in [5.74, 6) is -1.59. The highest BCUT2D eigenvalue weighted by atomic mass is 16.4. The Morgan fingerprint density at radius 3 is 2.60 bits per heavy atom. The largest absolute Gasteiger partial charge is 0.478 e. The van der Waals surface area contributed by atoms with Gasteiger partial charge in [-0.15, -0.1) is 0 Å². The summed E-state index contributed by atoms with van der Waals surface area (Å²) in [6.07, 6.45) is 4.86. The minimum atomic E-state index is -1.06. The molecule has 0 saturated heterocycles. The Morgan fingerprint density at radius 1 is 1.08 bits per heavy atom. The van der Waals surface area contributed by atoms with E-state index in [4.69, 9.17) is 0 Å². The van der Waals surface area contributed by atoms with Gasteiger partial charge in [0.05, 0.1) is 5.56 Å². The lowest BCUT2D eigenvalue weighted by atomic mass is 10.1. The van der Waals surface area contributed by atoms with Crippen LogP contribution >= 0.6 is 0 Å². The highest BCUT2D eigenvalue weighted by molar-refractivity contribution is 6.04. The third-order valence-electron chi connectivity index (χ3n) is 4.56. The minimum Gasteiger partial charge on any atom is -0.478 e. The van der Waals surface area contributed by atoms with E-state index < -0.39 is 17.4 Å². The molecular weight excluding hydrogens is 320 g/mol. The quantitative estimate of drug-likeness (QED) is 0.748. The first-order chi connectivity index (χ1) is 12.0. The number of aromatic nitrogens is 1. The van der Waals surface area contributed by atoms with Crippen LogP contribution in [0.2, 0.25) is 0 Å². The number of carboxylic acid groups (broad SMARTS) is 1. The van der Waals surface area contributed by atoms with Crippen molar-refractivity contribution < 1.29 is 14.7 Å². The van der Waals surface area contributed by atoms with Gasteiger partial charge in [-0.2, -0.15) is 0 Å². The third kappa shape index (κ3) is 3.63. The molecule has 1 aromatic heterocycles. The van der Waals surface area contributed by atoms with Crippen LogP contribution in [0.5, 0.6) is 0 Å². The number of fused-ring (bicyclic) bond motifs is 1. The molecule has 3 N–H and O–H groups in total. The van der Waals surface area contributed by atoms with Gasteiger partial charge in [0.2, 0.25) is 0 Å². The van der Waals surface area contributed by atoms with Crippen LogP contribution in [0.1, 0.15) is 56.8 Å². The van der Waals surface area contributed by atoms with E-state index in [1.54, 1.807) is 25.1 Å². The van der Waals surface area contributed by atoms with E-state index in [0.717, 1.165) is 43.4 Å². The summed E-state index contributed by atoms with van der Waals surface area (Å²) in [6, 6.07) is 6.31. The molecule has 25 heavy (non-hydrogen) atoms. The van der Waals surface area contributed by atoms with Crippen molar-refractivity contribution in [3.63, 3.8) is 0 Å². The second-order valence-electron chi connectivity index (χ2n) is 6.37. The molecule has 0 radical (unpaired) electrons. The van der Waals surface area contributed by atoms with E-state index in [-0.39, 0.29) is 11.1 Å². The Balaban J connectivity index is 1.89. The van der Waals surface area contributed by atoms with Crippen LogP contribution in [0.3, 0.4) is 0 Å². The fourth-order valence-corrected chi connectivity index (χ4v) is 3.15. The SMILES string of the molecule is Cc1ccc(NC(=O)c2cc3c([nH]c2=O)CCCCC3)cc1C(=O)O. The lowest BCUT2D eigenvalue weighted by molar-refractivity contribution is 0.0695. The fraction of sp³-hybridized carbons (Fsp3) is 0.316. The first-order valence-corrected chi connectivity index (χ1v) is 8.36. The number of amides is 1. The zero-order valence-corrected chi connectivity index (χ0v) is 14.0. The molecule has 6 nitrogen and oxygen atoms in total. The fourth-order valence-electron chi connectivity index (χ4n) is 3.15. The highest BCUT2D eigenvalue weighted by Gasteiger charge is 2.17. The maximum atomic E-state index is 12.5. The predicted octanol–water partition coefficient (Wildman–Crippen LogP) is 2.90. The number of carbonyl (C=O) groups excluding carboxylic acids is 1. The zero-order chi connectivity index (χ0) is 18.0. The molecule has 0 bridgehead atoms. The van der Waals surface area contributed by atoms with Gasteiger partial charge in [0.1, 0.15) is 5.56 Å². The highest BCUT2D eigenvalue weighted by Crippen LogP contribution is 2.19. The number of benzene rings is 1. The molecule has 130 valence electrons. The number of hydrogen-bond donors (Lipinski definition) is 3. The third-order valence-corrected chi connectivity index (χ3v) is 4.56. The number of aromatic carboxylic acids is 1. The van der Waals surface area contributed by atoms with E-state index in [2.05, 4.69) is 10.3 Å². The number of H-pyrrole nitrogens is 1. The van der Waals surface area contributed by atoms with Gasteiger partial charge in [-0.25, -0.2) is 4.79 Å². The normalized spacial score (nSPS) is 13.6. The smallest absolute Gasteiger partial charge is 0.336 e. The first kappa shape index (κ1) is 17.0. The van der Waals surface area contributed by atoms with Crippen LogP contribution in [0.25, 0.3) is 0 Å². The van der Waals surface area contributed by atoms with Gasteiger partial charge in [0.25, 0.3) is 11.5 Å². The molecule has 0 atom stereocenters. The van der Waals surface area contributed by atoms with E-state index in [0.29, 0.717) is 11.3 Å². The molecule has 0 saturated carbocycles. The maximum Gasteiger partial charge on any atom is 0.336 e. The van der Waals surface area contributed by atoms with Gasteiger partial charge in [0, 0.05) is 11.4 Å².